The van der Waals surface area contributed by atoms with E-state index >= 15 is 0 Å². The van der Waals surface area contributed by atoms with Gasteiger partial charge in [0.15, 0.2) is 6.04 Å². The number of carbonyl (C=O) groups is 2. The minimum Gasteiger partial charge on any atom is -0.464 e. The van der Waals surface area contributed by atoms with Gasteiger partial charge >= 0.3 is 12.1 Å². The molecule has 11 heavy (non-hydrogen) atoms. The topological polar surface area (TPSA) is 64.6 Å². The molecule has 0 aromatic carbocycles. The maximum Gasteiger partial charge on any atom is 0.408 e. The number of esters is 1. The lowest BCUT2D eigenvalue weighted by Crippen LogP contribution is -2.35. The Labute approximate surface area is 63.7 Å². The van der Waals surface area contributed by atoms with E-state index in [-0.39, 0.29) is 6.61 Å². The number of alkyl carbamates (subject to hydrolysis) is 1. The Morgan fingerprint density at radius 2 is 2.64 bits per heavy atom. The third-order valence-corrected chi connectivity index (χ3v) is 1.24. The molecule has 1 heterocycles. The number of rotatable bonds is 2. The highest BCUT2D eigenvalue weighted by Gasteiger charge is 2.29. The average Bonchev–Trinajstić information content (AvgIpc) is 2.36. The maximum absolute atomic E-state index is 10.9. The van der Waals surface area contributed by atoms with Crippen LogP contribution in [-0.2, 0) is 14.3 Å². The molecule has 1 unspecified atom stereocenters. The lowest BCUT2D eigenvalue weighted by Gasteiger charge is -2.04. The van der Waals surface area contributed by atoms with Gasteiger partial charge in [-0.05, 0) is 6.92 Å². The first-order valence-electron chi connectivity index (χ1n) is 3.34. The summed E-state index contributed by atoms with van der Waals surface area (Å²) in [4.78, 5) is 21.3. The van der Waals surface area contributed by atoms with Crippen LogP contribution in [-0.4, -0.2) is 31.3 Å². The van der Waals surface area contributed by atoms with E-state index in [2.05, 4.69) is 14.8 Å². The van der Waals surface area contributed by atoms with Gasteiger partial charge in [0.1, 0.15) is 6.61 Å². The molecule has 1 aliphatic rings. The average molecular weight is 159 g/mol. The third-order valence-electron chi connectivity index (χ3n) is 1.24. The zero-order chi connectivity index (χ0) is 8.27. The van der Waals surface area contributed by atoms with Crippen molar-refractivity contribution in [1.29, 1.82) is 0 Å². The summed E-state index contributed by atoms with van der Waals surface area (Å²) in [6.45, 7) is 2.08. The van der Waals surface area contributed by atoms with Gasteiger partial charge in [0.2, 0.25) is 0 Å². The van der Waals surface area contributed by atoms with Crippen molar-refractivity contribution in [2.24, 2.45) is 0 Å². The van der Waals surface area contributed by atoms with Gasteiger partial charge in [-0.3, -0.25) is 0 Å². The second kappa shape index (κ2) is 3.23. The number of hydrogen-bond acceptors (Lipinski definition) is 4. The molecule has 5 heteroatoms. The summed E-state index contributed by atoms with van der Waals surface area (Å²) in [7, 11) is 0. The molecule has 62 valence electrons. The SMILES string of the molecule is CCOC(=O)C1COC(=O)N1. The van der Waals surface area contributed by atoms with E-state index in [9.17, 15) is 9.59 Å². The highest BCUT2D eigenvalue weighted by Crippen LogP contribution is 1.99. The summed E-state index contributed by atoms with van der Waals surface area (Å²) in [6.07, 6.45) is -0.567. The highest BCUT2D eigenvalue weighted by atomic mass is 16.6. The number of carbonyl (C=O) groups excluding carboxylic acids is 2. The van der Waals surface area contributed by atoms with Crippen molar-refractivity contribution < 1.29 is 19.1 Å². The van der Waals surface area contributed by atoms with E-state index < -0.39 is 18.1 Å². The van der Waals surface area contributed by atoms with Crippen molar-refractivity contribution in [3.8, 4) is 0 Å². The van der Waals surface area contributed by atoms with Gasteiger partial charge in [-0.25, -0.2) is 9.59 Å². The van der Waals surface area contributed by atoms with Crippen LogP contribution < -0.4 is 5.32 Å². The Morgan fingerprint density at radius 3 is 3.09 bits per heavy atom. The van der Waals surface area contributed by atoms with Gasteiger partial charge in [0.25, 0.3) is 0 Å². The molecule has 0 saturated carbocycles. The molecule has 1 rings (SSSR count). The number of ether oxygens (including phenoxy) is 2. The van der Waals surface area contributed by atoms with Crippen LogP contribution in [0.25, 0.3) is 0 Å². The van der Waals surface area contributed by atoms with E-state index in [0.29, 0.717) is 6.61 Å². The first-order chi connectivity index (χ1) is 5.24. The fraction of sp³-hybridized carbons (Fsp3) is 0.667. The van der Waals surface area contributed by atoms with Crippen LogP contribution in [0.5, 0.6) is 0 Å². The second-order valence-electron chi connectivity index (χ2n) is 2.05. The lowest BCUT2D eigenvalue weighted by atomic mass is 10.3. The molecule has 1 saturated heterocycles. The summed E-state index contributed by atoms with van der Waals surface area (Å²) in [5, 5.41) is 2.30. The van der Waals surface area contributed by atoms with Crippen molar-refractivity contribution in [2.45, 2.75) is 13.0 Å². The molecule has 0 spiro atoms. The van der Waals surface area contributed by atoms with Crippen LogP contribution in [0.4, 0.5) is 4.79 Å². The fourth-order valence-corrected chi connectivity index (χ4v) is 0.754. The molecule has 1 amide bonds. The predicted octanol–water partition coefficient (Wildman–Crippen LogP) is -0.342. The summed E-state index contributed by atoms with van der Waals surface area (Å²) < 4.78 is 9.12. The van der Waals surface area contributed by atoms with E-state index in [1.54, 1.807) is 6.92 Å². The third kappa shape index (κ3) is 1.83. The minimum atomic E-state index is -0.623. The molecule has 1 fully saturated rings. The van der Waals surface area contributed by atoms with Gasteiger partial charge in [-0.1, -0.05) is 0 Å². The largest absolute Gasteiger partial charge is 0.464 e. The van der Waals surface area contributed by atoms with E-state index in [4.69, 9.17) is 0 Å². The molecule has 0 aromatic heterocycles. The van der Waals surface area contributed by atoms with Gasteiger partial charge in [0, 0.05) is 0 Å². The van der Waals surface area contributed by atoms with Crippen LogP contribution in [0.3, 0.4) is 0 Å². The Hall–Kier alpha value is -1.26. The normalized spacial score (nSPS) is 22.3. The molecule has 0 aromatic rings. The monoisotopic (exact) mass is 159 g/mol. The molecule has 0 bridgehead atoms. The molecule has 0 radical (unpaired) electrons. The summed E-state index contributed by atoms with van der Waals surface area (Å²) >= 11 is 0. The molecule has 1 aliphatic heterocycles. The molecule has 1 N–H and O–H groups in total. The van der Waals surface area contributed by atoms with Gasteiger partial charge in [-0.2, -0.15) is 0 Å². The van der Waals surface area contributed by atoms with Gasteiger partial charge < -0.3 is 14.8 Å². The summed E-state index contributed by atoms with van der Waals surface area (Å²) in [6, 6.07) is -0.623. The summed E-state index contributed by atoms with van der Waals surface area (Å²) in [5.41, 5.74) is 0. The smallest absolute Gasteiger partial charge is 0.408 e. The van der Waals surface area contributed by atoms with Crippen LogP contribution in [0.2, 0.25) is 0 Å². The number of hydrogen-bond donors (Lipinski definition) is 1. The quantitative estimate of drug-likeness (QED) is 0.560. The van der Waals surface area contributed by atoms with Crippen molar-refractivity contribution in [2.75, 3.05) is 13.2 Å². The van der Waals surface area contributed by atoms with Gasteiger partial charge in [0.05, 0.1) is 6.61 Å². The standard InChI is InChI=1S/C6H9NO4/c1-2-10-5(8)4-3-11-6(9)7-4/h4H,2-3H2,1H3,(H,7,9). The molecular formula is C6H9NO4. The van der Waals surface area contributed by atoms with Crippen LogP contribution in [0, 0.1) is 0 Å². The highest BCUT2D eigenvalue weighted by molar-refractivity contribution is 5.83. The van der Waals surface area contributed by atoms with E-state index in [0.717, 1.165) is 0 Å². The van der Waals surface area contributed by atoms with Crippen molar-refractivity contribution in [1.82, 2.24) is 5.32 Å². The zero-order valence-electron chi connectivity index (χ0n) is 6.12. The minimum absolute atomic E-state index is 0.0671. The summed E-state index contributed by atoms with van der Waals surface area (Å²) in [5.74, 6) is -0.446. The first-order valence-corrected chi connectivity index (χ1v) is 3.34. The van der Waals surface area contributed by atoms with E-state index in [1.807, 2.05) is 0 Å². The Bertz CT molecular complexity index is 179. The van der Waals surface area contributed by atoms with Crippen molar-refractivity contribution in [3.05, 3.63) is 0 Å². The number of nitrogens with one attached hydrogen (secondary N) is 1. The number of amides is 1. The molecule has 1 atom stereocenters. The fourth-order valence-electron chi connectivity index (χ4n) is 0.754. The Balaban J connectivity index is 2.37. The maximum atomic E-state index is 10.9. The molecule has 5 nitrogen and oxygen atoms in total. The molecule has 0 aliphatic carbocycles. The van der Waals surface area contributed by atoms with Gasteiger partial charge in [-0.15, -0.1) is 0 Å². The zero-order valence-corrected chi connectivity index (χ0v) is 6.12. The first kappa shape index (κ1) is 7.84. The lowest BCUT2D eigenvalue weighted by molar-refractivity contribution is -0.145. The Kier molecular flexibility index (Phi) is 2.30. The van der Waals surface area contributed by atoms with E-state index in [1.165, 1.54) is 0 Å². The van der Waals surface area contributed by atoms with Crippen LogP contribution >= 0.6 is 0 Å². The van der Waals surface area contributed by atoms with Crippen LogP contribution in [0.15, 0.2) is 0 Å². The van der Waals surface area contributed by atoms with Crippen LogP contribution in [0.1, 0.15) is 6.92 Å². The second-order valence-corrected chi connectivity index (χ2v) is 2.05. The van der Waals surface area contributed by atoms with Crippen molar-refractivity contribution in [3.63, 3.8) is 0 Å². The van der Waals surface area contributed by atoms with Crippen molar-refractivity contribution >= 4 is 12.1 Å². The molecular weight excluding hydrogens is 150 g/mol. The Morgan fingerprint density at radius 1 is 1.91 bits per heavy atom. The number of cyclic esters (lactones) is 1. The predicted molar refractivity (Wildman–Crippen MR) is 34.9 cm³/mol.